The van der Waals surface area contributed by atoms with E-state index in [0.717, 1.165) is 12.8 Å². The van der Waals surface area contributed by atoms with Crippen molar-refractivity contribution in [3.8, 4) is 0 Å². The predicted octanol–water partition coefficient (Wildman–Crippen LogP) is 10.2. The van der Waals surface area contributed by atoms with Crippen LogP contribution in [0.25, 0.3) is 0 Å². The van der Waals surface area contributed by atoms with E-state index in [-0.39, 0.29) is 36.5 Å². The van der Waals surface area contributed by atoms with Crippen molar-refractivity contribution in [2.75, 3.05) is 0 Å². The summed E-state index contributed by atoms with van der Waals surface area (Å²) >= 11 is 0. The summed E-state index contributed by atoms with van der Waals surface area (Å²) in [6.07, 6.45) is 35.0. The summed E-state index contributed by atoms with van der Waals surface area (Å²) in [7, 11) is 0. The number of carbonyl (C=O) groups is 1. The van der Waals surface area contributed by atoms with Crippen LogP contribution in [0.15, 0.2) is 0 Å². The second-order valence-electron chi connectivity index (χ2n) is 9.63. The summed E-state index contributed by atoms with van der Waals surface area (Å²) in [5, 5.41) is 8.60. The number of carboxylic acids is 1. The number of carboxylic acid groups (broad SMARTS) is 1. The monoisotopic (exact) mass is 544 g/mol. The van der Waals surface area contributed by atoms with Gasteiger partial charge in [0.2, 0.25) is 0 Å². The second-order valence-corrected chi connectivity index (χ2v) is 9.63. The van der Waals surface area contributed by atoms with Gasteiger partial charge in [-0.3, -0.25) is 4.79 Å². The Hall–Kier alpha value is 0.613. The van der Waals surface area contributed by atoms with Gasteiger partial charge in [-0.15, -0.1) is 0 Å². The fraction of sp³-hybridized carbons (Fsp3) is 0.964. The molecular formula is C28H56FeO2Zn. The van der Waals surface area contributed by atoms with Crippen LogP contribution in [0.2, 0.25) is 0 Å². The molecule has 2 nitrogen and oxygen atoms in total. The van der Waals surface area contributed by atoms with Crippen LogP contribution in [0.1, 0.15) is 174 Å². The molecule has 0 fully saturated rings. The molecule has 0 spiro atoms. The molecule has 0 aromatic rings. The number of hydrogen-bond donors (Lipinski definition) is 1. The molecular weight excluding hydrogens is 490 g/mol. The summed E-state index contributed by atoms with van der Waals surface area (Å²) in [6.45, 7) is 2.29. The van der Waals surface area contributed by atoms with Gasteiger partial charge in [-0.2, -0.15) is 0 Å². The molecule has 0 aliphatic heterocycles. The minimum absolute atomic E-state index is 0. The quantitative estimate of drug-likeness (QED) is 0.0867. The van der Waals surface area contributed by atoms with E-state index in [2.05, 4.69) is 6.92 Å². The molecule has 0 rings (SSSR count). The van der Waals surface area contributed by atoms with Gasteiger partial charge < -0.3 is 5.11 Å². The van der Waals surface area contributed by atoms with Gasteiger partial charge in [0.15, 0.2) is 0 Å². The zero-order valence-corrected chi connectivity index (χ0v) is 25.9. The van der Waals surface area contributed by atoms with Crippen molar-refractivity contribution in [2.45, 2.75) is 174 Å². The molecule has 32 heavy (non-hydrogen) atoms. The van der Waals surface area contributed by atoms with Crippen LogP contribution in [0.3, 0.4) is 0 Å². The van der Waals surface area contributed by atoms with Crippen molar-refractivity contribution < 1.29 is 46.4 Å². The Kier molecular flexibility index (Phi) is 39.2. The molecule has 0 bridgehead atoms. The van der Waals surface area contributed by atoms with E-state index in [0.29, 0.717) is 6.42 Å². The Bertz CT molecular complexity index is 339. The summed E-state index contributed by atoms with van der Waals surface area (Å²) < 4.78 is 0. The van der Waals surface area contributed by atoms with Gasteiger partial charge >= 0.3 is 5.97 Å². The van der Waals surface area contributed by atoms with Crippen LogP contribution in [0, 0.1) is 0 Å². The van der Waals surface area contributed by atoms with Crippen LogP contribution in [-0.2, 0) is 41.3 Å². The third-order valence-corrected chi connectivity index (χ3v) is 6.49. The van der Waals surface area contributed by atoms with Crippen molar-refractivity contribution in [3.05, 3.63) is 0 Å². The van der Waals surface area contributed by atoms with Gasteiger partial charge in [-0.25, -0.2) is 0 Å². The van der Waals surface area contributed by atoms with Crippen molar-refractivity contribution in [2.24, 2.45) is 0 Å². The van der Waals surface area contributed by atoms with Gasteiger partial charge in [-0.05, 0) is 6.42 Å². The molecule has 0 aliphatic rings. The Morgan fingerprint density at radius 1 is 0.438 bits per heavy atom. The van der Waals surface area contributed by atoms with E-state index in [1.54, 1.807) is 0 Å². The average Bonchev–Trinajstić information content (AvgIpc) is 2.73. The maximum atomic E-state index is 10.4. The van der Waals surface area contributed by atoms with E-state index in [4.69, 9.17) is 5.11 Å². The standard InChI is InChI=1S/C28H56O2.Fe.Zn/c1-2-3-4-5-6-7-8-9-10-11-12-13-14-15-16-17-18-19-20-21-22-23-24-25-26-27-28(29)30;;/h2-27H2,1H3,(H,29,30);;. The molecule has 190 valence electrons. The Balaban J connectivity index is -0.00000420. The first-order chi connectivity index (χ1) is 14.8. The first-order valence-electron chi connectivity index (χ1n) is 14.0. The molecule has 0 saturated heterocycles. The van der Waals surface area contributed by atoms with Gasteiger partial charge in [0, 0.05) is 43.0 Å². The zero-order chi connectivity index (χ0) is 22.0. The Morgan fingerprint density at radius 2 is 0.625 bits per heavy atom. The second kappa shape index (κ2) is 33.8. The zero-order valence-electron chi connectivity index (χ0n) is 21.8. The fourth-order valence-corrected chi connectivity index (χ4v) is 4.42. The molecule has 0 saturated carbocycles. The largest absolute Gasteiger partial charge is 0.481 e. The summed E-state index contributed by atoms with van der Waals surface area (Å²) in [5.41, 5.74) is 0. The van der Waals surface area contributed by atoms with Crippen LogP contribution >= 0.6 is 0 Å². The topological polar surface area (TPSA) is 37.3 Å². The average molecular weight is 546 g/mol. The number of unbranched alkanes of at least 4 members (excludes halogenated alkanes) is 24. The minimum Gasteiger partial charge on any atom is -0.481 e. The molecule has 0 unspecified atom stereocenters. The minimum atomic E-state index is -0.649. The SMILES string of the molecule is CCCCCCCCCCCCCCCCCCCCCCCCCCCC(=O)O.[Fe].[Zn]. The van der Waals surface area contributed by atoms with E-state index < -0.39 is 5.97 Å². The Morgan fingerprint density at radius 3 is 0.812 bits per heavy atom. The fourth-order valence-electron chi connectivity index (χ4n) is 4.42. The molecule has 0 aliphatic carbocycles. The summed E-state index contributed by atoms with van der Waals surface area (Å²) in [6, 6.07) is 0. The molecule has 0 aromatic carbocycles. The van der Waals surface area contributed by atoms with Crippen LogP contribution in [0.5, 0.6) is 0 Å². The smallest absolute Gasteiger partial charge is 0.303 e. The molecule has 1 N–H and O–H groups in total. The van der Waals surface area contributed by atoms with Gasteiger partial charge in [0.05, 0.1) is 0 Å². The van der Waals surface area contributed by atoms with Crippen LogP contribution in [0.4, 0.5) is 0 Å². The van der Waals surface area contributed by atoms with Crippen LogP contribution in [-0.4, -0.2) is 11.1 Å². The van der Waals surface area contributed by atoms with Crippen molar-refractivity contribution >= 4 is 5.97 Å². The third-order valence-electron chi connectivity index (χ3n) is 6.49. The predicted molar refractivity (Wildman–Crippen MR) is 133 cm³/mol. The number of hydrogen-bond acceptors (Lipinski definition) is 1. The van der Waals surface area contributed by atoms with Crippen molar-refractivity contribution in [1.29, 1.82) is 0 Å². The first kappa shape index (κ1) is 37.2. The Labute approximate surface area is 225 Å². The normalized spacial score (nSPS) is 10.5. The summed E-state index contributed by atoms with van der Waals surface area (Å²) in [4.78, 5) is 10.4. The van der Waals surface area contributed by atoms with Crippen molar-refractivity contribution in [3.63, 3.8) is 0 Å². The molecule has 0 amide bonds. The number of rotatable bonds is 26. The third kappa shape index (κ3) is 35.2. The van der Waals surface area contributed by atoms with E-state index in [1.165, 1.54) is 148 Å². The maximum Gasteiger partial charge on any atom is 0.303 e. The first-order valence-corrected chi connectivity index (χ1v) is 14.0. The molecule has 0 heterocycles. The van der Waals surface area contributed by atoms with E-state index in [9.17, 15) is 4.79 Å². The summed E-state index contributed by atoms with van der Waals surface area (Å²) in [5.74, 6) is -0.649. The molecule has 4 heteroatoms. The van der Waals surface area contributed by atoms with Crippen molar-refractivity contribution in [1.82, 2.24) is 0 Å². The van der Waals surface area contributed by atoms with E-state index >= 15 is 0 Å². The van der Waals surface area contributed by atoms with Crippen LogP contribution < -0.4 is 0 Å². The molecule has 0 radical (unpaired) electrons. The van der Waals surface area contributed by atoms with Gasteiger partial charge in [0.25, 0.3) is 0 Å². The van der Waals surface area contributed by atoms with Gasteiger partial charge in [0.1, 0.15) is 0 Å². The molecule has 0 aromatic heterocycles. The van der Waals surface area contributed by atoms with E-state index in [1.807, 2.05) is 0 Å². The maximum absolute atomic E-state index is 10.4. The number of aliphatic carboxylic acids is 1. The van der Waals surface area contributed by atoms with Gasteiger partial charge in [-0.1, -0.05) is 161 Å². The molecule has 0 atom stereocenters.